The first-order valence-corrected chi connectivity index (χ1v) is 5.41. The Hall–Kier alpha value is -1.19. The van der Waals surface area contributed by atoms with Crippen molar-refractivity contribution in [2.24, 2.45) is 5.92 Å². The lowest BCUT2D eigenvalue weighted by atomic mass is 10.0. The molecule has 1 rings (SSSR count). The SMILES string of the molecule is CC(=O)[C@H](C)[C@@H](O)COCc1ccccc1. The Morgan fingerprint density at radius 3 is 2.56 bits per heavy atom. The molecule has 88 valence electrons. The highest BCUT2D eigenvalue weighted by atomic mass is 16.5. The summed E-state index contributed by atoms with van der Waals surface area (Å²) in [5.74, 6) is -0.383. The molecule has 0 saturated heterocycles. The van der Waals surface area contributed by atoms with Gasteiger partial charge in [-0.05, 0) is 12.5 Å². The molecule has 2 atom stereocenters. The van der Waals surface area contributed by atoms with Gasteiger partial charge in [-0.25, -0.2) is 0 Å². The van der Waals surface area contributed by atoms with Gasteiger partial charge in [0.15, 0.2) is 0 Å². The van der Waals surface area contributed by atoms with E-state index in [9.17, 15) is 9.90 Å². The molecule has 0 heterocycles. The van der Waals surface area contributed by atoms with Crippen molar-refractivity contribution in [3.63, 3.8) is 0 Å². The van der Waals surface area contributed by atoms with E-state index in [0.717, 1.165) is 5.56 Å². The average Bonchev–Trinajstić information content (AvgIpc) is 2.29. The minimum atomic E-state index is -0.721. The summed E-state index contributed by atoms with van der Waals surface area (Å²) < 4.78 is 5.35. The summed E-state index contributed by atoms with van der Waals surface area (Å²) >= 11 is 0. The second-order valence-electron chi connectivity index (χ2n) is 3.97. The molecule has 1 N–H and O–H groups in total. The van der Waals surface area contributed by atoms with Crippen LogP contribution in [0.1, 0.15) is 19.4 Å². The summed E-state index contributed by atoms with van der Waals surface area (Å²) in [6.45, 7) is 3.84. The fourth-order valence-corrected chi connectivity index (χ4v) is 1.29. The molecule has 0 radical (unpaired) electrons. The van der Waals surface area contributed by atoms with Crippen LogP contribution in [0.4, 0.5) is 0 Å². The highest BCUT2D eigenvalue weighted by Gasteiger charge is 2.18. The maximum atomic E-state index is 11.0. The van der Waals surface area contributed by atoms with Gasteiger partial charge in [0, 0.05) is 5.92 Å². The van der Waals surface area contributed by atoms with Gasteiger partial charge in [-0.2, -0.15) is 0 Å². The van der Waals surface area contributed by atoms with E-state index < -0.39 is 6.10 Å². The third kappa shape index (κ3) is 4.13. The number of ether oxygens (including phenoxy) is 1. The van der Waals surface area contributed by atoms with Crippen molar-refractivity contribution < 1.29 is 14.6 Å². The molecule has 0 unspecified atom stereocenters. The lowest BCUT2D eigenvalue weighted by Gasteiger charge is -2.16. The second kappa shape index (κ2) is 6.40. The summed E-state index contributed by atoms with van der Waals surface area (Å²) in [5.41, 5.74) is 1.06. The van der Waals surface area contributed by atoms with Crippen LogP contribution in [0.2, 0.25) is 0 Å². The molecule has 0 aliphatic carbocycles. The van der Waals surface area contributed by atoms with E-state index in [-0.39, 0.29) is 18.3 Å². The number of Topliss-reactive ketones (excluding diaryl/α,β-unsaturated/α-hetero) is 1. The van der Waals surface area contributed by atoms with Crippen LogP contribution in [0.3, 0.4) is 0 Å². The summed E-state index contributed by atoms with van der Waals surface area (Å²) in [6.07, 6.45) is -0.721. The van der Waals surface area contributed by atoms with Crippen LogP contribution < -0.4 is 0 Å². The zero-order chi connectivity index (χ0) is 12.0. The topological polar surface area (TPSA) is 46.5 Å². The summed E-state index contributed by atoms with van der Waals surface area (Å²) in [6, 6.07) is 9.73. The van der Waals surface area contributed by atoms with Crippen molar-refractivity contribution in [2.45, 2.75) is 26.6 Å². The van der Waals surface area contributed by atoms with Crippen LogP contribution in [-0.4, -0.2) is 23.6 Å². The predicted octanol–water partition coefficient (Wildman–Crippen LogP) is 1.79. The highest BCUT2D eigenvalue weighted by molar-refractivity contribution is 5.78. The van der Waals surface area contributed by atoms with Crippen molar-refractivity contribution in [3.8, 4) is 0 Å². The number of benzene rings is 1. The number of rotatable bonds is 6. The molecular weight excluding hydrogens is 204 g/mol. The molecule has 1 aromatic rings. The zero-order valence-corrected chi connectivity index (χ0v) is 9.72. The third-order valence-corrected chi connectivity index (χ3v) is 2.62. The largest absolute Gasteiger partial charge is 0.390 e. The number of carbonyl (C=O) groups is 1. The van der Waals surface area contributed by atoms with Crippen molar-refractivity contribution in [1.82, 2.24) is 0 Å². The Balaban J connectivity index is 2.28. The van der Waals surface area contributed by atoms with Crippen molar-refractivity contribution in [1.29, 1.82) is 0 Å². The van der Waals surface area contributed by atoms with E-state index in [0.29, 0.717) is 6.61 Å². The predicted molar refractivity (Wildman–Crippen MR) is 61.9 cm³/mol. The summed E-state index contributed by atoms with van der Waals surface area (Å²) in [4.78, 5) is 11.0. The van der Waals surface area contributed by atoms with Gasteiger partial charge in [0.2, 0.25) is 0 Å². The van der Waals surface area contributed by atoms with Crippen molar-refractivity contribution in [2.75, 3.05) is 6.61 Å². The number of carbonyl (C=O) groups excluding carboxylic acids is 1. The quantitative estimate of drug-likeness (QED) is 0.798. The van der Waals surface area contributed by atoms with Crippen LogP contribution in [0.15, 0.2) is 30.3 Å². The fraction of sp³-hybridized carbons (Fsp3) is 0.462. The van der Waals surface area contributed by atoms with Gasteiger partial charge in [-0.15, -0.1) is 0 Å². The highest BCUT2D eigenvalue weighted by Crippen LogP contribution is 2.06. The molecule has 0 aliphatic heterocycles. The van der Waals surface area contributed by atoms with E-state index in [1.165, 1.54) is 6.92 Å². The Labute approximate surface area is 96.1 Å². The number of ketones is 1. The van der Waals surface area contributed by atoms with Crippen LogP contribution >= 0.6 is 0 Å². The molecule has 0 fully saturated rings. The van der Waals surface area contributed by atoms with Gasteiger partial charge >= 0.3 is 0 Å². The first-order chi connectivity index (χ1) is 7.61. The molecule has 0 aliphatic rings. The monoisotopic (exact) mass is 222 g/mol. The molecular formula is C13H18O3. The van der Waals surface area contributed by atoms with E-state index in [2.05, 4.69) is 0 Å². The van der Waals surface area contributed by atoms with Gasteiger partial charge in [-0.1, -0.05) is 37.3 Å². The second-order valence-corrected chi connectivity index (χ2v) is 3.97. The third-order valence-electron chi connectivity index (χ3n) is 2.62. The maximum Gasteiger partial charge on any atom is 0.135 e. The Kier molecular flexibility index (Phi) is 5.15. The minimum Gasteiger partial charge on any atom is -0.390 e. The van der Waals surface area contributed by atoms with Gasteiger partial charge < -0.3 is 9.84 Å². The van der Waals surface area contributed by atoms with Crippen molar-refractivity contribution in [3.05, 3.63) is 35.9 Å². The van der Waals surface area contributed by atoms with Gasteiger partial charge in [0.05, 0.1) is 19.3 Å². The van der Waals surface area contributed by atoms with Crippen molar-refractivity contribution >= 4 is 5.78 Å². The first-order valence-electron chi connectivity index (χ1n) is 5.41. The Morgan fingerprint density at radius 2 is 2.00 bits per heavy atom. The first kappa shape index (κ1) is 12.9. The van der Waals surface area contributed by atoms with E-state index in [4.69, 9.17) is 4.74 Å². The van der Waals surface area contributed by atoms with Crippen LogP contribution in [-0.2, 0) is 16.1 Å². The van der Waals surface area contributed by atoms with E-state index in [1.807, 2.05) is 30.3 Å². The lowest BCUT2D eigenvalue weighted by molar-refractivity contribution is -0.125. The molecule has 0 saturated carbocycles. The molecule has 3 nitrogen and oxygen atoms in total. The molecule has 0 aromatic heterocycles. The Bertz CT molecular complexity index is 321. The molecule has 1 aromatic carbocycles. The number of aliphatic hydroxyl groups excluding tert-OH is 1. The molecule has 0 amide bonds. The Morgan fingerprint density at radius 1 is 1.38 bits per heavy atom. The summed E-state index contributed by atoms with van der Waals surface area (Å²) in [5, 5.41) is 9.62. The van der Waals surface area contributed by atoms with Crippen LogP contribution in [0.5, 0.6) is 0 Å². The van der Waals surface area contributed by atoms with Crippen LogP contribution in [0.25, 0.3) is 0 Å². The standard InChI is InChI=1S/C13H18O3/c1-10(11(2)14)13(15)9-16-8-12-6-4-3-5-7-12/h3-7,10,13,15H,8-9H2,1-2H3/t10-,13-/m0/s1. The van der Waals surface area contributed by atoms with E-state index >= 15 is 0 Å². The normalized spacial score (nSPS) is 14.4. The minimum absolute atomic E-state index is 0.0178. The lowest BCUT2D eigenvalue weighted by Crippen LogP contribution is -2.28. The maximum absolute atomic E-state index is 11.0. The smallest absolute Gasteiger partial charge is 0.135 e. The zero-order valence-electron chi connectivity index (χ0n) is 9.72. The summed E-state index contributed by atoms with van der Waals surface area (Å²) in [7, 11) is 0. The fourth-order valence-electron chi connectivity index (χ4n) is 1.29. The van der Waals surface area contributed by atoms with E-state index in [1.54, 1.807) is 6.92 Å². The number of hydrogen-bond donors (Lipinski definition) is 1. The van der Waals surface area contributed by atoms with Crippen LogP contribution in [0, 0.1) is 5.92 Å². The molecule has 16 heavy (non-hydrogen) atoms. The molecule has 3 heteroatoms. The number of aliphatic hydroxyl groups is 1. The van der Waals surface area contributed by atoms with Gasteiger partial charge in [0.1, 0.15) is 5.78 Å². The average molecular weight is 222 g/mol. The van der Waals surface area contributed by atoms with Gasteiger partial charge in [0.25, 0.3) is 0 Å². The molecule has 0 bridgehead atoms. The number of hydrogen-bond acceptors (Lipinski definition) is 3. The van der Waals surface area contributed by atoms with Gasteiger partial charge in [-0.3, -0.25) is 4.79 Å². The molecule has 0 spiro atoms.